The number of methoxy groups -OCH3 is 1. The van der Waals surface area contributed by atoms with Gasteiger partial charge in [-0.1, -0.05) is 11.6 Å². The maximum atomic E-state index is 12.7. The van der Waals surface area contributed by atoms with Gasteiger partial charge in [0.1, 0.15) is 23.4 Å². The molecule has 1 aliphatic carbocycles. The number of nitrogens with zero attached hydrogens (tertiary/aromatic N) is 1. The summed E-state index contributed by atoms with van der Waals surface area (Å²) in [5.41, 5.74) is 0.791. The number of ether oxygens (including phenoxy) is 4. The van der Waals surface area contributed by atoms with Gasteiger partial charge in [0.15, 0.2) is 0 Å². The number of allylic oxidation sites excluding steroid dienone is 1. The fourth-order valence-corrected chi connectivity index (χ4v) is 4.97. The minimum Gasteiger partial charge on any atom is -0.443 e. The second-order valence-electron chi connectivity index (χ2n) is 9.18. The monoisotopic (exact) mass is 395 g/mol. The van der Waals surface area contributed by atoms with Gasteiger partial charge in [-0.3, -0.25) is 0 Å². The van der Waals surface area contributed by atoms with E-state index in [9.17, 15) is 4.79 Å². The molecule has 6 unspecified atom stereocenters. The lowest BCUT2D eigenvalue weighted by molar-refractivity contribution is -0.122. The van der Waals surface area contributed by atoms with Gasteiger partial charge < -0.3 is 23.8 Å². The van der Waals surface area contributed by atoms with Crippen molar-refractivity contribution in [2.24, 2.45) is 5.92 Å². The summed E-state index contributed by atoms with van der Waals surface area (Å²) in [5, 5.41) is 0. The third kappa shape index (κ3) is 3.96. The third-order valence-electron chi connectivity index (χ3n) is 6.69. The van der Waals surface area contributed by atoms with Crippen LogP contribution in [0.4, 0.5) is 4.79 Å². The Morgan fingerprint density at radius 2 is 2.04 bits per heavy atom. The summed E-state index contributed by atoms with van der Waals surface area (Å²) in [6.45, 7) is 13.7. The third-order valence-corrected chi connectivity index (χ3v) is 6.69. The fourth-order valence-electron chi connectivity index (χ4n) is 4.97. The molecule has 0 aromatic carbocycles. The topological polar surface area (TPSA) is 63.8 Å². The van der Waals surface area contributed by atoms with Crippen molar-refractivity contribution in [2.75, 3.05) is 20.3 Å². The Morgan fingerprint density at radius 3 is 2.54 bits per heavy atom. The standard InChI is InChI=1S/C22H37NO5/c1-8-23(15(4)5)20(24)27-16-11-12-22(13-26-22)19(18(16)25-7)21(6)17(28-21)10-9-14(2)3/h9,15-19H,8,10-13H2,1-7H3. The van der Waals surface area contributed by atoms with Gasteiger partial charge in [-0.05, 0) is 60.8 Å². The molecule has 1 spiro atoms. The van der Waals surface area contributed by atoms with Gasteiger partial charge >= 0.3 is 6.09 Å². The largest absolute Gasteiger partial charge is 0.443 e. The van der Waals surface area contributed by atoms with Crippen molar-refractivity contribution in [3.05, 3.63) is 11.6 Å². The van der Waals surface area contributed by atoms with E-state index in [4.69, 9.17) is 18.9 Å². The molecular weight excluding hydrogens is 358 g/mol. The molecule has 160 valence electrons. The summed E-state index contributed by atoms with van der Waals surface area (Å²) < 4.78 is 24.1. The van der Waals surface area contributed by atoms with Crippen molar-refractivity contribution in [1.82, 2.24) is 4.90 Å². The van der Waals surface area contributed by atoms with Crippen LogP contribution in [-0.4, -0.2) is 66.8 Å². The Bertz CT molecular complexity index is 610. The van der Waals surface area contributed by atoms with Crippen LogP contribution >= 0.6 is 0 Å². The van der Waals surface area contributed by atoms with Crippen molar-refractivity contribution in [1.29, 1.82) is 0 Å². The molecule has 2 saturated heterocycles. The lowest BCUT2D eigenvalue weighted by Gasteiger charge is -2.43. The van der Waals surface area contributed by atoms with E-state index < -0.39 is 0 Å². The van der Waals surface area contributed by atoms with Crippen molar-refractivity contribution >= 4 is 6.09 Å². The van der Waals surface area contributed by atoms with Crippen LogP contribution in [0.25, 0.3) is 0 Å². The molecule has 6 nitrogen and oxygen atoms in total. The highest BCUT2D eigenvalue weighted by Crippen LogP contribution is 2.59. The zero-order valence-corrected chi connectivity index (χ0v) is 18.5. The van der Waals surface area contributed by atoms with Crippen LogP contribution in [0.1, 0.15) is 60.8 Å². The van der Waals surface area contributed by atoms with E-state index in [0.717, 1.165) is 25.9 Å². The van der Waals surface area contributed by atoms with E-state index >= 15 is 0 Å². The van der Waals surface area contributed by atoms with Gasteiger partial charge in [0.25, 0.3) is 0 Å². The van der Waals surface area contributed by atoms with E-state index in [1.165, 1.54) is 5.57 Å². The molecule has 3 aliphatic rings. The molecule has 2 heterocycles. The molecule has 3 fully saturated rings. The lowest BCUT2D eigenvalue weighted by atomic mass is 9.68. The number of hydrogen-bond acceptors (Lipinski definition) is 5. The number of carbonyl (C=O) groups excluding carboxylic acids is 1. The van der Waals surface area contributed by atoms with Crippen LogP contribution < -0.4 is 0 Å². The summed E-state index contributed by atoms with van der Waals surface area (Å²) in [4.78, 5) is 14.5. The van der Waals surface area contributed by atoms with Crippen LogP contribution in [0, 0.1) is 5.92 Å². The number of hydrogen-bond donors (Lipinski definition) is 0. The molecule has 28 heavy (non-hydrogen) atoms. The Balaban J connectivity index is 1.76. The van der Waals surface area contributed by atoms with Gasteiger partial charge in [0.2, 0.25) is 0 Å². The Labute approximate surface area is 169 Å². The molecule has 0 aromatic heterocycles. The molecule has 0 N–H and O–H groups in total. The quantitative estimate of drug-likeness (QED) is 0.483. The highest BCUT2D eigenvalue weighted by Gasteiger charge is 2.72. The van der Waals surface area contributed by atoms with Crippen molar-refractivity contribution in [3.8, 4) is 0 Å². The first kappa shape index (κ1) is 21.6. The first-order chi connectivity index (χ1) is 13.2. The molecule has 1 saturated carbocycles. The van der Waals surface area contributed by atoms with Crippen LogP contribution in [0.2, 0.25) is 0 Å². The average molecular weight is 396 g/mol. The second kappa shape index (κ2) is 7.96. The SMILES string of the molecule is CCN(C(=O)OC1CCC2(CO2)C(C2(C)OC2CC=C(C)C)C1OC)C(C)C. The van der Waals surface area contributed by atoms with Crippen LogP contribution in [0.5, 0.6) is 0 Å². The molecule has 3 rings (SSSR count). The van der Waals surface area contributed by atoms with Crippen LogP contribution in [0.15, 0.2) is 11.6 Å². The first-order valence-corrected chi connectivity index (χ1v) is 10.6. The lowest BCUT2D eigenvalue weighted by Crippen LogP contribution is -2.56. The molecule has 2 aliphatic heterocycles. The number of amides is 1. The predicted molar refractivity (Wildman–Crippen MR) is 107 cm³/mol. The van der Waals surface area contributed by atoms with E-state index in [-0.39, 0.29) is 47.6 Å². The van der Waals surface area contributed by atoms with E-state index in [0.29, 0.717) is 6.54 Å². The highest BCUT2D eigenvalue weighted by molar-refractivity contribution is 5.68. The fraction of sp³-hybridized carbons (Fsp3) is 0.864. The predicted octanol–water partition coefficient (Wildman–Crippen LogP) is 3.93. The molecular formula is C22H37NO5. The maximum Gasteiger partial charge on any atom is 0.410 e. The summed E-state index contributed by atoms with van der Waals surface area (Å²) in [6, 6.07) is 0.105. The van der Waals surface area contributed by atoms with Crippen molar-refractivity contribution in [3.63, 3.8) is 0 Å². The molecule has 6 heteroatoms. The van der Waals surface area contributed by atoms with Crippen LogP contribution in [0.3, 0.4) is 0 Å². The molecule has 0 bridgehead atoms. The van der Waals surface area contributed by atoms with E-state index in [2.05, 4.69) is 26.8 Å². The van der Waals surface area contributed by atoms with Gasteiger partial charge in [-0.15, -0.1) is 0 Å². The first-order valence-electron chi connectivity index (χ1n) is 10.6. The molecule has 1 amide bonds. The van der Waals surface area contributed by atoms with Gasteiger partial charge in [0.05, 0.1) is 18.6 Å². The van der Waals surface area contributed by atoms with Gasteiger partial charge in [-0.2, -0.15) is 0 Å². The smallest absolute Gasteiger partial charge is 0.410 e. The Kier molecular flexibility index (Phi) is 6.14. The van der Waals surface area contributed by atoms with E-state index in [1.807, 2.05) is 20.8 Å². The summed E-state index contributed by atoms with van der Waals surface area (Å²) in [5.74, 6) is 0.0567. The molecule has 0 radical (unpaired) electrons. The Morgan fingerprint density at radius 1 is 1.36 bits per heavy atom. The minimum absolute atomic E-state index is 0.0567. The van der Waals surface area contributed by atoms with Crippen molar-refractivity contribution in [2.45, 2.75) is 96.4 Å². The number of rotatable bonds is 7. The van der Waals surface area contributed by atoms with Gasteiger partial charge in [0, 0.05) is 19.7 Å². The van der Waals surface area contributed by atoms with Crippen molar-refractivity contribution < 1.29 is 23.7 Å². The normalized spacial score (nSPS) is 39.0. The average Bonchev–Trinajstić information content (AvgIpc) is 3.53. The van der Waals surface area contributed by atoms with Gasteiger partial charge in [-0.25, -0.2) is 4.79 Å². The summed E-state index contributed by atoms with van der Waals surface area (Å²) in [7, 11) is 1.71. The number of epoxide rings is 2. The Hall–Kier alpha value is -1.11. The summed E-state index contributed by atoms with van der Waals surface area (Å²) in [6.07, 6.45) is 4.12. The maximum absolute atomic E-state index is 12.7. The van der Waals surface area contributed by atoms with Crippen LogP contribution in [-0.2, 0) is 18.9 Å². The molecule has 6 atom stereocenters. The number of carbonyl (C=O) groups is 1. The highest BCUT2D eigenvalue weighted by atomic mass is 16.6. The minimum atomic E-state index is -0.309. The molecule has 0 aromatic rings. The summed E-state index contributed by atoms with van der Waals surface area (Å²) >= 11 is 0. The van der Waals surface area contributed by atoms with E-state index in [1.54, 1.807) is 12.0 Å². The zero-order valence-electron chi connectivity index (χ0n) is 18.5. The second-order valence-corrected chi connectivity index (χ2v) is 9.18. The zero-order chi connectivity index (χ0) is 20.7.